The molecule has 0 bridgehead atoms. The van der Waals surface area contributed by atoms with Gasteiger partial charge in [-0.1, -0.05) is 0 Å². The second-order valence-electron chi connectivity index (χ2n) is 1.72. The maximum atomic E-state index is 9.92. The zero-order valence-corrected chi connectivity index (χ0v) is 5.24. The molecule has 0 aliphatic heterocycles. The average molecular weight is 137 g/mol. The fourth-order valence-corrected chi connectivity index (χ4v) is 0.577. The number of carbonyl (C=O) groups excluding carboxylic acids is 1. The van der Waals surface area contributed by atoms with Gasteiger partial charge in [-0.25, -0.2) is 4.98 Å². The van der Waals surface area contributed by atoms with Gasteiger partial charge in [0.2, 0.25) is 0 Å². The smallest absolute Gasteiger partial charge is 0.144 e. The number of H-pyrrole nitrogens is 1. The third-order valence-corrected chi connectivity index (χ3v) is 1.06. The van der Waals surface area contributed by atoms with Crippen LogP contribution in [0, 0.1) is 0 Å². The maximum Gasteiger partial charge on any atom is 0.144 e. The van der Waals surface area contributed by atoms with E-state index in [0.29, 0.717) is 17.7 Å². The number of aromatic amines is 1. The monoisotopic (exact) mass is 137 g/mol. The Morgan fingerprint density at radius 2 is 2.60 bits per heavy atom. The molecule has 0 atom stereocenters. The molecule has 1 aromatic heterocycles. The number of imidazole rings is 1. The number of nitrogens with two attached hydrogens (primary N) is 1. The number of nitrogens with zero attached hydrogens (tertiary/aromatic N) is 1. The Labute approximate surface area is 57.8 Å². The van der Waals surface area contributed by atoms with E-state index in [1.807, 2.05) is 0 Å². The third-order valence-electron chi connectivity index (χ3n) is 1.06. The molecule has 0 aromatic carbocycles. The topological polar surface area (TPSA) is 71.8 Å². The molecule has 10 heavy (non-hydrogen) atoms. The number of aromatic nitrogens is 2. The molecule has 0 spiro atoms. The summed E-state index contributed by atoms with van der Waals surface area (Å²) in [4.78, 5) is 16.4. The number of carbonyl (C=O) groups is 1. The number of aldehydes is 1. The van der Waals surface area contributed by atoms with E-state index < -0.39 is 0 Å². The van der Waals surface area contributed by atoms with Crippen LogP contribution in [-0.4, -0.2) is 16.3 Å². The van der Waals surface area contributed by atoms with Crippen molar-refractivity contribution < 1.29 is 4.79 Å². The largest absolute Gasteiger partial charge is 0.397 e. The van der Waals surface area contributed by atoms with Crippen LogP contribution in [0.3, 0.4) is 0 Å². The SMILES string of the molecule is N/C(=C\C=O)c1cnc[nH]1. The van der Waals surface area contributed by atoms with Crippen LogP contribution < -0.4 is 5.73 Å². The maximum absolute atomic E-state index is 9.92. The normalized spacial score (nSPS) is 11.4. The molecule has 52 valence electrons. The van der Waals surface area contributed by atoms with Gasteiger partial charge in [-0.05, 0) is 0 Å². The number of hydrogen-bond donors (Lipinski definition) is 2. The Morgan fingerprint density at radius 1 is 1.80 bits per heavy atom. The first-order valence-electron chi connectivity index (χ1n) is 2.74. The lowest BCUT2D eigenvalue weighted by molar-refractivity contribution is -0.104. The van der Waals surface area contributed by atoms with E-state index in [2.05, 4.69) is 9.97 Å². The summed E-state index contributed by atoms with van der Waals surface area (Å²) >= 11 is 0. The Balaban J connectivity index is 2.86. The predicted molar refractivity (Wildman–Crippen MR) is 36.8 cm³/mol. The highest BCUT2D eigenvalue weighted by molar-refractivity contribution is 5.78. The van der Waals surface area contributed by atoms with Crippen molar-refractivity contribution in [2.24, 2.45) is 5.73 Å². The van der Waals surface area contributed by atoms with Crippen LogP contribution in [0.25, 0.3) is 5.70 Å². The molecule has 0 aliphatic carbocycles. The number of allylic oxidation sites excluding steroid dienone is 1. The molecular formula is C6H7N3O. The third kappa shape index (κ3) is 1.22. The second-order valence-corrected chi connectivity index (χ2v) is 1.72. The minimum atomic E-state index is 0.396. The Kier molecular flexibility index (Phi) is 1.84. The zero-order chi connectivity index (χ0) is 7.40. The van der Waals surface area contributed by atoms with Crippen LogP contribution in [0.5, 0.6) is 0 Å². The molecule has 0 radical (unpaired) electrons. The van der Waals surface area contributed by atoms with Gasteiger partial charge in [0.05, 0.1) is 23.9 Å². The molecule has 0 unspecified atom stereocenters. The van der Waals surface area contributed by atoms with Crippen molar-refractivity contribution in [2.75, 3.05) is 0 Å². The van der Waals surface area contributed by atoms with Crippen molar-refractivity contribution in [1.29, 1.82) is 0 Å². The lowest BCUT2D eigenvalue weighted by Gasteiger charge is -1.90. The first-order valence-corrected chi connectivity index (χ1v) is 2.74. The van der Waals surface area contributed by atoms with Crippen LogP contribution in [0.4, 0.5) is 0 Å². The van der Waals surface area contributed by atoms with E-state index in [1.165, 1.54) is 12.4 Å². The fraction of sp³-hybridized carbons (Fsp3) is 0. The summed E-state index contributed by atoms with van der Waals surface area (Å²) < 4.78 is 0. The molecule has 1 rings (SSSR count). The number of rotatable bonds is 2. The van der Waals surface area contributed by atoms with Gasteiger partial charge >= 0.3 is 0 Å². The summed E-state index contributed by atoms with van der Waals surface area (Å²) in [6.07, 6.45) is 4.96. The lowest BCUT2D eigenvalue weighted by Crippen LogP contribution is -1.96. The summed E-state index contributed by atoms with van der Waals surface area (Å²) in [7, 11) is 0. The van der Waals surface area contributed by atoms with Crippen LogP contribution >= 0.6 is 0 Å². The van der Waals surface area contributed by atoms with Crippen LogP contribution in [-0.2, 0) is 4.79 Å². The minimum Gasteiger partial charge on any atom is -0.397 e. The number of nitrogens with one attached hydrogen (secondary N) is 1. The van der Waals surface area contributed by atoms with Gasteiger partial charge in [0.15, 0.2) is 0 Å². The summed E-state index contributed by atoms with van der Waals surface area (Å²) in [6, 6.07) is 0. The molecule has 0 fully saturated rings. The average Bonchev–Trinajstić information content (AvgIpc) is 2.38. The molecule has 0 amide bonds. The molecular weight excluding hydrogens is 130 g/mol. The lowest BCUT2D eigenvalue weighted by atomic mass is 10.3. The van der Waals surface area contributed by atoms with E-state index in [9.17, 15) is 4.79 Å². The molecule has 4 heteroatoms. The van der Waals surface area contributed by atoms with Gasteiger partial charge in [-0.3, -0.25) is 4.79 Å². The van der Waals surface area contributed by atoms with Crippen molar-refractivity contribution in [3.05, 3.63) is 24.3 Å². The molecule has 3 N–H and O–H groups in total. The Morgan fingerprint density at radius 3 is 3.10 bits per heavy atom. The summed E-state index contributed by atoms with van der Waals surface area (Å²) in [5.41, 5.74) is 6.46. The van der Waals surface area contributed by atoms with E-state index in [0.717, 1.165) is 0 Å². The predicted octanol–water partition coefficient (Wildman–Crippen LogP) is -0.0918. The summed E-state index contributed by atoms with van der Waals surface area (Å²) in [5, 5.41) is 0. The van der Waals surface area contributed by atoms with Crippen LogP contribution in [0.15, 0.2) is 18.6 Å². The molecule has 1 heterocycles. The van der Waals surface area contributed by atoms with Crippen molar-refractivity contribution in [1.82, 2.24) is 9.97 Å². The van der Waals surface area contributed by atoms with Gasteiger partial charge in [0, 0.05) is 6.08 Å². The van der Waals surface area contributed by atoms with Gasteiger partial charge in [-0.2, -0.15) is 0 Å². The Hall–Kier alpha value is -1.58. The van der Waals surface area contributed by atoms with E-state index >= 15 is 0 Å². The van der Waals surface area contributed by atoms with Gasteiger partial charge in [-0.15, -0.1) is 0 Å². The molecule has 0 saturated carbocycles. The number of hydrogen-bond acceptors (Lipinski definition) is 3. The standard InChI is InChI=1S/C6H7N3O/c7-5(1-2-10)6-3-8-4-9-6/h1-4H,7H2,(H,8,9)/b5-1-. The van der Waals surface area contributed by atoms with Gasteiger partial charge < -0.3 is 10.7 Å². The first kappa shape index (κ1) is 6.54. The molecule has 0 saturated heterocycles. The van der Waals surface area contributed by atoms with Crippen molar-refractivity contribution in [2.45, 2.75) is 0 Å². The van der Waals surface area contributed by atoms with Crippen molar-refractivity contribution >= 4 is 12.0 Å². The van der Waals surface area contributed by atoms with Gasteiger partial charge in [0.25, 0.3) is 0 Å². The quantitative estimate of drug-likeness (QED) is 0.442. The van der Waals surface area contributed by atoms with Crippen molar-refractivity contribution in [3.63, 3.8) is 0 Å². The van der Waals surface area contributed by atoms with E-state index in [-0.39, 0.29) is 0 Å². The van der Waals surface area contributed by atoms with Crippen molar-refractivity contribution in [3.8, 4) is 0 Å². The molecule has 4 nitrogen and oxygen atoms in total. The highest BCUT2D eigenvalue weighted by atomic mass is 16.1. The zero-order valence-electron chi connectivity index (χ0n) is 5.24. The highest BCUT2D eigenvalue weighted by Gasteiger charge is 1.93. The first-order chi connectivity index (χ1) is 4.84. The second kappa shape index (κ2) is 2.82. The summed E-state index contributed by atoms with van der Waals surface area (Å²) in [5.74, 6) is 0. The summed E-state index contributed by atoms with van der Waals surface area (Å²) in [6.45, 7) is 0. The minimum absolute atomic E-state index is 0.396. The Bertz CT molecular complexity index is 238. The highest BCUT2D eigenvalue weighted by Crippen LogP contribution is 2.00. The van der Waals surface area contributed by atoms with E-state index in [1.54, 1.807) is 6.20 Å². The van der Waals surface area contributed by atoms with E-state index in [4.69, 9.17) is 5.73 Å². The van der Waals surface area contributed by atoms with Crippen LogP contribution in [0.1, 0.15) is 5.69 Å². The molecule has 0 aliphatic rings. The van der Waals surface area contributed by atoms with Crippen LogP contribution in [0.2, 0.25) is 0 Å². The van der Waals surface area contributed by atoms with Gasteiger partial charge in [0.1, 0.15) is 6.29 Å². The molecule has 1 aromatic rings. The fourth-order valence-electron chi connectivity index (χ4n) is 0.577.